The van der Waals surface area contributed by atoms with Gasteiger partial charge in [-0.3, -0.25) is 0 Å². The van der Waals surface area contributed by atoms with Gasteiger partial charge in [0.25, 0.3) is 0 Å². The molecule has 0 unspecified atom stereocenters. The Kier molecular flexibility index (Phi) is 8.50. The molecule has 8 aromatic rings. The molecule has 0 heterocycles. The van der Waals surface area contributed by atoms with Crippen LogP contribution in [-0.4, -0.2) is 0 Å². The average molecular weight is 677 g/mol. The SMILES string of the molecule is CC(C)(C)Cc1ccc(N(c2ccccc2)c2ccc3ccc4c(N(c5ccccc5)c5ccc(CC(C)(C)C)cc5)ccc5ccc2c3c54)cc1. The maximum atomic E-state index is 2.42. The minimum Gasteiger partial charge on any atom is -0.310 e. The van der Waals surface area contributed by atoms with Crippen LogP contribution in [0.3, 0.4) is 0 Å². The summed E-state index contributed by atoms with van der Waals surface area (Å²) >= 11 is 0. The molecule has 0 N–H and O–H groups in total. The average Bonchev–Trinajstić information content (AvgIpc) is 3.13. The van der Waals surface area contributed by atoms with Gasteiger partial charge in [-0.15, -0.1) is 0 Å². The highest BCUT2D eigenvalue weighted by atomic mass is 15.1. The third-order valence-electron chi connectivity index (χ3n) is 9.99. The van der Waals surface area contributed by atoms with Crippen LogP contribution in [0.15, 0.2) is 158 Å². The van der Waals surface area contributed by atoms with E-state index in [0.717, 1.165) is 35.6 Å². The van der Waals surface area contributed by atoms with E-state index in [4.69, 9.17) is 0 Å². The lowest BCUT2D eigenvalue weighted by Gasteiger charge is -2.29. The van der Waals surface area contributed by atoms with Crippen molar-refractivity contribution in [3.05, 3.63) is 169 Å². The Morgan fingerprint density at radius 1 is 0.346 bits per heavy atom. The Bertz CT molecular complexity index is 2270. The van der Waals surface area contributed by atoms with Crippen LogP contribution < -0.4 is 9.80 Å². The first-order valence-electron chi connectivity index (χ1n) is 18.6. The highest BCUT2D eigenvalue weighted by molar-refractivity contribution is 6.28. The summed E-state index contributed by atoms with van der Waals surface area (Å²) in [5, 5.41) is 7.59. The number of nitrogens with zero attached hydrogens (tertiary/aromatic N) is 2. The van der Waals surface area contributed by atoms with Crippen LogP contribution in [0.4, 0.5) is 34.1 Å². The van der Waals surface area contributed by atoms with E-state index in [1.54, 1.807) is 0 Å². The van der Waals surface area contributed by atoms with Crippen LogP contribution >= 0.6 is 0 Å². The van der Waals surface area contributed by atoms with Crippen molar-refractivity contribution in [3.8, 4) is 0 Å². The molecule has 0 saturated heterocycles. The topological polar surface area (TPSA) is 6.48 Å². The van der Waals surface area contributed by atoms with Gasteiger partial charge in [-0.2, -0.15) is 0 Å². The summed E-state index contributed by atoms with van der Waals surface area (Å²) in [6, 6.07) is 58.4. The van der Waals surface area contributed by atoms with Gasteiger partial charge < -0.3 is 9.80 Å². The molecular weight excluding hydrogens is 629 g/mol. The predicted molar refractivity (Wildman–Crippen MR) is 226 cm³/mol. The highest BCUT2D eigenvalue weighted by Crippen LogP contribution is 2.47. The first-order chi connectivity index (χ1) is 25.0. The fraction of sp³-hybridized carbons (Fsp3) is 0.200. The summed E-state index contributed by atoms with van der Waals surface area (Å²) in [7, 11) is 0. The van der Waals surface area contributed by atoms with E-state index in [1.807, 2.05) is 0 Å². The molecule has 0 spiro atoms. The van der Waals surface area contributed by atoms with Crippen LogP contribution in [0.1, 0.15) is 52.7 Å². The van der Waals surface area contributed by atoms with Gasteiger partial charge in [0.05, 0.1) is 11.4 Å². The standard InChI is InChI=1S/C50H48N2/c1-49(2,3)33-35-17-25-41(26-18-35)51(39-13-9-7-10-14-39)45-31-23-37-22-30-44-46(32-24-38-21-29-43(45)47(37)48(38)44)52(40-15-11-8-12-16-40)42-27-19-36(20-28-42)34-50(4,5)6/h7-32H,33-34H2,1-6H3. The third kappa shape index (κ3) is 6.62. The van der Waals surface area contributed by atoms with E-state index < -0.39 is 0 Å². The Labute approximate surface area is 309 Å². The molecule has 8 aromatic carbocycles. The first-order valence-corrected chi connectivity index (χ1v) is 18.6. The minimum atomic E-state index is 0.233. The maximum Gasteiger partial charge on any atom is 0.0540 e. The molecule has 0 saturated carbocycles. The zero-order valence-electron chi connectivity index (χ0n) is 31.3. The molecule has 0 atom stereocenters. The fourth-order valence-electron chi connectivity index (χ4n) is 7.92. The number of para-hydroxylation sites is 2. The molecular formula is C50H48N2. The second-order valence-corrected chi connectivity index (χ2v) is 16.7. The molecule has 2 heteroatoms. The van der Waals surface area contributed by atoms with Gasteiger partial charge in [-0.1, -0.05) is 139 Å². The molecule has 0 bridgehead atoms. The molecule has 52 heavy (non-hydrogen) atoms. The van der Waals surface area contributed by atoms with Crippen LogP contribution in [0, 0.1) is 10.8 Å². The predicted octanol–water partition coefficient (Wildman–Crippen LogP) is 14.7. The van der Waals surface area contributed by atoms with Crippen molar-refractivity contribution in [2.45, 2.75) is 54.4 Å². The molecule has 0 fully saturated rings. The highest BCUT2D eigenvalue weighted by Gasteiger charge is 2.22. The van der Waals surface area contributed by atoms with Crippen molar-refractivity contribution >= 4 is 66.4 Å². The number of hydrogen-bond acceptors (Lipinski definition) is 2. The zero-order valence-corrected chi connectivity index (χ0v) is 31.3. The lowest BCUT2D eigenvalue weighted by Crippen LogP contribution is -2.12. The molecule has 0 aliphatic carbocycles. The van der Waals surface area contributed by atoms with E-state index in [1.165, 1.54) is 54.8 Å². The normalized spacial score (nSPS) is 12.2. The van der Waals surface area contributed by atoms with Gasteiger partial charge >= 0.3 is 0 Å². The van der Waals surface area contributed by atoms with E-state index in [9.17, 15) is 0 Å². The van der Waals surface area contributed by atoms with Crippen LogP contribution in [0.5, 0.6) is 0 Å². The third-order valence-corrected chi connectivity index (χ3v) is 9.99. The Morgan fingerprint density at radius 2 is 0.673 bits per heavy atom. The minimum absolute atomic E-state index is 0.233. The molecule has 0 aliphatic heterocycles. The van der Waals surface area contributed by atoms with Crippen LogP contribution in [-0.2, 0) is 12.8 Å². The molecule has 0 aliphatic rings. The van der Waals surface area contributed by atoms with Gasteiger partial charge in [0.1, 0.15) is 0 Å². The summed E-state index contributed by atoms with van der Waals surface area (Å²) < 4.78 is 0. The van der Waals surface area contributed by atoms with E-state index in [0.29, 0.717) is 0 Å². The van der Waals surface area contributed by atoms with Crippen molar-refractivity contribution < 1.29 is 0 Å². The summed E-state index contributed by atoms with van der Waals surface area (Å²) in [5.41, 5.74) is 10.1. The van der Waals surface area contributed by atoms with E-state index >= 15 is 0 Å². The summed E-state index contributed by atoms with van der Waals surface area (Å²) in [6.45, 7) is 13.8. The molecule has 2 nitrogen and oxygen atoms in total. The van der Waals surface area contributed by atoms with Crippen LogP contribution in [0.2, 0.25) is 0 Å². The van der Waals surface area contributed by atoms with Crippen LogP contribution in [0.25, 0.3) is 32.3 Å². The van der Waals surface area contributed by atoms with Gasteiger partial charge in [-0.05, 0) is 117 Å². The molecule has 0 aromatic heterocycles. The molecule has 0 radical (unpaired) electrons. The first kappa shape index (κ1) is 33.5. The Morgan fingerprint density at radius 3 is 1.02 bits per heavy atom. The van der Waals surface area contributed by atoms with Crippen molar-refractivity contribution in [1.82, 2.24) is 0 Å². The molecule has 258 valence electrons. The molecule has 8 rings (SSSR count). The Balaban J connectivity index is 1.31. The summed E-state index contributed by atoms with van der Waals surface area (Å²) in [6.07, 6.45) is 2.08. The smallest absolute Gasteiger partial charge is 0.0540 e. The summed E-state index contributed by atoms with van der Waals surface area (Å²) in [4.78, 5) is 4.84. The second kappa shape index (κ2) is 13.2. The van der Waals surface area contributed by atoms with Crippen molar-refractivity contribution in [1.29, 1.82) is 0 Å². The monoisotopic (exact) mass is 676 g/mol. The van der Waals surface area contributed by atoms with Gasteiger partial charge in [0, 0.05) is 33.5 Å². The lowest BCUT2D eigenvalue weighted by atomic mass is 9.88. The lowest BCUT2D eigenvalue weighted by molar-refractivity contribution is 0.411. The Hall–Kier alpha value is -5.60. The summed E-state index contributed by atoms with van der Waals surface area (Å²) in [5.74, 6) is 0. The zero-order chi connectivity index (χ0) is 36.0. The number of hydrogen-bond donors (Lipinski definition) is 0. The number of anilines is 6. The fourth-order valence-corrected chi connectivity index (χ4v) is 7.92. The number of rotatable bonds is 8. The van der Waals surface area contributed by atoms with Gasteiger partial charge in [0.15, 0.2) is 0 Å². The largest absolute Gasteiger partial charge is 0.310 e. The number of benzene rings is 8. The van der Waals surface area contributed by atoms with Crippen molar-refractivity contribution in [2.75, 3.05) is 9.80 Å². The van der Waals surface area contributed by atoms with Crippen molar-refractivity contribution in [2.24, 2.45) is 10.8 Å². The van der Waals surface area contributed by atoms with E-state index in [2.05, 4.69) is 209 Å². The van der Waals surface area contributed by atoms with Gasteiger partial charge in [0.2, 0.25) is 0 Å². The maximum absolute atomic E-state index is 2.42. The quantitative estimate of drug-likeness (QED) is 0.148. The molecule has 0 amide bonds. The second-order valence-electron chi connectivity index (χ2n) is 16.7. The van der Waals surface area contributed by atoms with Gasteiger partial charge in [-0.25, -0.2) is 0 Å². The van der Waals surface area contributed by atoms with E-state index in [-0.39, 0.29) is 10.8 Å². The van der Waals surface area contributed by atoms with Crippen molar-refractivity contribution in [3.63, 3.8) is 0 Å².